The van der Waals surface area contributed by atoms with Crippen LogP contribution in [0.4, 0.5) is 4.39 Å². The van der Waals surface area contributed by atoms with E-state index in [-0.39, 0.29) is 5.82 Å². The number of rotatable bonds is 0. The lowest BCUT2D eigenvalue weighted by Crippen LogP contribution is -1.82. The Morgan fingerprint density at radius 3 is 2.60 bits per heavy atom. The van der Waals surface area contributed by atoms with Crippen LogP contribution in [0.3, 0.4) is 0 Å². The summed E-state index contributed by atoms with van der Waals surface area (Å²) in [4.78, 5) is 0.628. The minimum atomic E-state index is -0.215. The van der Waals surface area contributed by atoms with Gasteiger partial charge in [0, 0.05) is 9.37 Å². The predicted octanol–water partition coefficient (Wildman–Crippen LogP) is 3.19. The molecule has 0 radical (unpaired) electrons. The zero-order valence-corrected chi connectivity index (χ0v) is 7.84. The molecule has 1 aromatic carbocycles. The van der Waals surface area contributed by atoms with Gasteiger partial charge in [0.05, 0.1) is 0 Å². The Balaban J connectivity index is 3.28. The van der Waals surface area contributed by atoms with Crippen molar-refractivity contribution >= 4 is 28.6 Å². The smallest absolute Gasteiger partial charge is 0.127 e. The number of halogens is 2. The Labute approximate surface area is 73.0 Å². The maximum absolute atomic E-state index is 12.7. The summed E-state index contributed by atoms with van der Waals surface area (Å²) in [6, 6.07) is 3.10. The zero-order chi connectivity index (χ0) is 7.72. The van der Waals surface area contributed by atoms with Crippen molar-refractivity contribution < 1.29 is 4.39 Å². The van der Waals surface area contributed by atoms with E-state index in [0.29, 0.717) is 10.5 Å². The van der Waals surface area contributed by atoms with E-state index in [1.807, 2.05) is 0 Å². The molecule has 3 heteroatoms. The first-order valence-corrected chi connectivity index (χ1v) is 4.00. The van der Waals surface area contributed by atoms with Gasteiger partial charge >= 0.3 is 0 Å². The van der Waals surface area contributed by atoms with Crippen molar-refractivity contribution in [3.05, 3.63) is 28.0 Å². The van der Waals surface area contributed by atoms with Crippen LogP contribution in [0.25, 0.3) is 0 Å². The van der Waals surface area contributed by atoms with E-state index in [4.69, 9.17) is 0 Å². The van der Waals surface area contributed by atoms with Gasteiger partial charge in [0.15, 0.2) is 0 Å². The van der Waals surface area contributed by atoms with Crippen LogP contribution in [0, 0.1) is 12.7 Å². The van der Waals surface area contributed by atoms with Gasteiger partial charge in [-0.15, -0.1) is 12.6 Å². The van der Waals surface area contributed by atoms with Crippen LogP contribution in [-0.4, -0.2) is 0 Å². The van der Waals surface area contributed by atoms with Crippen molar-refractivity contribution in [2.45, 2.75) is 11.8 Å². The van der Waals surface area contributed by atoms with E-state index in [2.05, 4.69) is 28.6 Å². The highest BCUT2D eigenvalue weighted by molar-refractivity contribution is 9.10. The van der Waals surface area contributed by atoms with Crippen molar-refractivity contribution in [2.24, 2.45) is 0 Å². The largest absolute Gasteiger partial charge is 0.207 e. The van der Waals surface area contributed by atoms with Crippen LogP contribution in [0.15, 0.2) is 21.5 Å². The van der Waals surface area contributed by atoms with Crippen LogP contribution in [0.1, 0.15) is 5.56 Å². The molecule has 0 saturated heterocycles. The molecule has 10 heavy (non-hydrogen) atoms. The third-order valence-corrected chi connectivity index (χ3v) is 2.56. The molecule has 0 aliphatic heterocycles. The molecule has 0 heterocycles. The van der Waals surface area contributed by atoms with Crippen LogP contribution < -0.4 is 0 Å². The highest BCUT2D eigenvalue weighted by atomic mass is 79.9. The lowest BCUT2D eigenvalue weighted by molar-refractivity contribution is 0.614. The van der Waals surface area contributed by atoms with E-state index < -0.39 is 0 Å². The summed E-state index contributed by atoms with van der Waals surface area (Å²) in [6.45, 7) is 1.72. The molecule has 1 rings (SSSR count). The number of benzene rings is 1. The monoisotopic (exact) mass is 220 g/mol. The highest BCUT2D eigenvalue weighted by Gasteiger charge is 2.00. The molecule has 0 N–H and O–H groups in total. The van der Waals surface area contributed by atoms with Crippen LogP contribution >= 0.6 is 28.6 Å². The summed E-state index contributed by atoms with van der Waals surface area (Å²) in [7, 11) is 0. The molecule has 0 spiro atoms. The first-order valence-electron chi connectivity index (χ1n) is 2.76. The van der Waals surface area contributed by atoms with E-state index in [1.54, 1.807) is 13.0 Å². The lowest BCUT2D eigenvalue weighted by atomic mass is 10.2. The van der Waals surface area contributed by atoms with E-state index >= 15 is 0 Å². The van der Waals surface area contributed by atoms with Gasteiger partial charge in [0.25, 0.3) is 0 Å². The number of aryl methyl sites for hydroxylation is 1. The second-order valence-electron chi connectivity index (χ2n) is 2.05. The molecule has 0 aromatic heterocycles. The molecular formula is C7H6BrFS. The maximum atomic E-state index is 12.7. The van der Waals surface area contributed by atoms with Gasteiger partial charge in [-0.05, 0) is 40.5 Å². The topological polar surface area (TPSA) is 0 Å². The Morgan fingerprint density at radius 1 is 1.50 bits per heavy atom. The average Bonchev–Trinajstić information content (AvgIpc) is 1.84. The fourth-order valence-electron chi connectivity index (χ4n) is 0.636. The van der Waals surface area contributed by atoms with Crippen LogP contribution in [0.5, 0.6) is 0 Å². The van der Waals surface area contributed by atoms with Crippen molar-refractivity contribution in [1.82, 2.24) is 0 Å². The van der Waals surface area contributed by atoms with Crippen LogP contribution in [-0.2, 0) is 0 Å². The molecule has 54 valence electrons. The summed E-state index contributed by atoms with van der Waals surface area (Å²) < 4.78 is 13.5. The molecular weight excluding hydrogens is 215 g/mol. The lowest BCUT2D eigenvalue weighted by Gasteiger charge is -1.99. The minimum Gasteiger partial charge on any atom is -0.207 e. The van der Waals surface area contributed by atoms with Gasteiger partial charge < -0.3 is 0 Å². The molecule has 0 atom stereocenters. The Hall–Kier alpha value is -0.0200. The summed E-state index contributed by atoms with van der Waals surface area (Å²) in [5.41, 5.74) is 0.629. The predicted molar refractivity (Wildman–Crippen MR) is 46.1 cm³/mol. The first-order chi connectivity index (χ1) is 4.61. The highest BCUT2D eigenvalue weighted by Crippen LogP contribution is 2.23. The van der Waals surface area contributed by atoms with Gasteiger partial charge in [-0.1, -0.05) is 0 Å². The second kappa shape index (κ2) is 2.93. The van der Waals surface area contributed by atoms with Crippen molar-refractivity contribution in [2.75, 3.05) is 0 Å². The standard InChI is InChI=1S/C7H6BrFS/c1-4-2-5(8)7(10)3-6(4)9/h2-3,10H,1H3. The van der Waals surface area contributed by atoms with Gasteiger partial charge in [-0.3, -0.25) is 0 Å². The molecule has 0 aliphatic carbocycles. The summed E-state index contributed by atoms with van der Waals surface area (Å²) >= 11 is 7.27. The van der Waals surface area contributed by atoms with Gasteiger partial charge in [-0.25, -0.2) is 4.39 Å². The number of hydrogen-bond donors (Lipinski definition) is 1. The van der Waals surface area contributed by atoms with Crippen molar-refractivity contribution in [3.63, 3.8) is 0 Å². The Morgan fingerprint density at radius 2 is 2.10 bits per heavy atom. The van der Waals surface area contributed by atoms with E-state index in [9.17, 15) is 4.39 Å². The Kier molecular flexibility index (Phi) is 2.36. The normalized spacial score (nSPS) is 10.0. The maximum Gasteiger partial charge on any atom is 0.127 e. The van der Waals surface area contributed by atoms with Gasteiger partial charge in [0.2, 0.25) is 0 Å². The van der Waals surface area contributed by atoms with E-state index in [0.717, 1.165) is 4.47 Å². The molecule has 0 unspecified atom stereocenters. The molecule has 0 fully saturated rings. The summed E-state index contributed by atoms with van der Waals surface area (Å²) in [5, 5.41) is 0. The molecule has 0 nitrogen and oxygen atoms in total. The fourth-order valence-corrected chi connectivity index (χ4v) is 1.27. The molecule has 0 aliphatic rings. The van der Waals surface area contributed by atoms with E-state index in [1.165, 1.54) is 6.07 Å². The quantitative estimate of drug-likeness (QED) is 0.639. The molecule has 0 saturated carbocycles. The zero-order valence-electron chi connectivity index (χ0n) is 5.36. The van der Waals surface area contributed by atoms with Crippen molar-refractivity contribution in [3.8, 4) is 0 Å². The van der Waals surface area contributed by atoms with Crippen LogP contribution in [0.2, 0.25) is 0 Å². The number of thiol groups is 1. The molecule has 0 bridgehead atoms. The SMILES string of the molecule is Cc1cc(Br)c(S)cc1F. The first kappa shape index (κ1) is 8.08. The third kappa shape index (κ3) is 1.52. The molecule has 1 aromatic rings. The van der Waals surface area contributed by atoms with Gasteiger partial charge in [-0.2, -0.15) is 0 Å². The number of hydrogen-bond acceptors (Lipinski definition) is 1. The average molecular weight is 221 g/mol. The third-order valence-electron chi connectivity index (χ3n) is 1.23. The summed E-state index contributed by atoms with van der Waals surface area (Å²) in [5.74, 6) is -0.215. The minimum absolute atomic E-state index is 0.215. The second-order valence-corrected chi connectivity index (χ2v) is 3.39. The van der Waals surface area contributed by atoms with Gasteiger partial charge in [0.1, 0.15) is 5.82 Å². The summed E-state index contributed by atoms with van der Waals surface area (Å²) in [6.07, 6.45) is 0. The van der Waals surface area contributed by atoms with Crippen molar-refractivity contribution in [1.29, 1.82) is 0 Å². The Bertz CT molecular complexity index is 210. The molecule has 0 amide bonds. The fraction of sp³-hybridized carbons (Fsp3) is 0.143.